The van der Waals surface area contributed by atoms with Crippen molar-refractivity contribution in [3.8, 4) is 0 Å². The molecule has 5 nitrogen and oxygen atoms in total. The number of unbranched alkanes of at least 4 members (excludes halogenated alkanes) is 2. The monoisotopic (exact) mass is 371 g/mol. The number of para-hydroxylation sites is 1. The smallest absolute Gasteiger partial charge is 0.193 e. The van der Waals surface area contributed by atoms with Gasteiger partial charge in [-0.05, 0) is 57.5 Å². The van der Waals surface area contributed by atoms with Crippen molar-refractivity contribution >= 4 is 11.6 Å². The summed E-state index contributed by atoms with van der Waals surface area (Å²) in [5.74, 6) is 1.07. The van der Waals surface area contributed by atoms with Gasteiger partial charge in [-0.2, -0.15) is 0 Å². The summed E-state index contributed by atoms with van der Waals surface area (Å²) in [6.45, 7) is 9.13. The number of guanidine groups is 1. The minimum Gasteiger partial charge on any atom is -0.368 e. The highest BCUT2D eigenvalue weighted by Gasteiger charge is 2.19. The molecule has 1 aromatic carbocycles. The lowest BCUT2D eigenvalue weighted by Crippen LogP contribution is -2.52. The van der Waals surface area contributed by atoms with Crippen LogP contribution in [0, 0.1) is 0 Å². The first kappa shape index (κ1) is 20.0. The molecular formula is C22H37N5. The summed E-state index contributed by atoms with van der Waals surface area (Å²) < 4.78 is 0. The molecule has 0 saturated carbocycles. The van der Waals surface area contributed by atoms with Crippen LogP contribution in [-0.4, -0.2) is 75.2 Å². The van der Waals surface area contributed by atoms with E-state index >= 15 is 0 Å². The second-order valence-electron chi connectivity index (χ2n) is 7.75. The molecule has 0 aliphatic carbocycles. The lowest BCUT2D eigenvalue weighted by Gasteiger charge is -2.37. The number of nitrogens with one attached hydrogen (secondary N) is 1. The number of benzene rings is 1. The maximum absolute atomic E-state index is 4.51. The molecule has 2 aliphatic heterocycles. The maximum atomic E-state index is 4.51. The van der Waals surface area contributed by atoms with Crippen LogP contribution in [0.2, 0.25) is 0 Å². The Morgan fingerprint density at radius 3 is 2.33 bits per heavy atom. The predicted molar refractivity (Wildman–Crippen MR) is 116 cm³/mol. The largest absolute Gasteiger partial charge is 0.368 e. The Morgan fingerprint density at radius 1 is 0.889 bits per heavy atom. The molecule has 0 atom stereocenters. The molecule has 0 spiro atoms. The van der Waals surface area contributed by atoms with Crippen LogP contribution in [-0.2, 0) is 0 Å². The normalized spacial score (nSPS) is 19.4. The van der Waals surface area contributed by atoms with Gasteiger partial charge in [-0.25, -0.2) is 0 Å². The van der Waals surface area contributed by atoms with Gasteiger partial charge in [0, 0.05) is 45.5 Å². The number of piperidine rings is 1. The summed E-state index contributed by atoms with van der Waals surface area (Å²) in [6, 6.07) is 10.7. The van der Waals surface area contributed by atoms with E-state index in [1.54, 1.807) is 0 Å². The predicted octanol–water partition coefficient (Wildman–Crippen LogP) is 3.04. The number of anilines is 1. The third kappa shape index (κ3) is 6.42. The zero-order valence-corrected chi connectivity index (χ0v) is 17.1. The Hall–Kier alpha value is -1.75. The molecule has 2 heterocycles. The van der Waals surface area contributed by atoms with E-state index in [-0.39, 0.29) is 0 Å². The maximum Gasteiger partial charge on any atom is 0.193 e. The van der Waals surface area contributed by atoms with Crippen molar-refractivity contribution < 1.29 is 0 Å². The van der Waals surface area contributed by atoms with Gasteiger partial charge in [-0.3, -0.25) is 4.99 Å². The summed E-state index contributed by atoms with van der Waals surface area (Å²) >= 11 is 0. The fourth-order valence-electron chi connectivity index (χ4n) is 4.17. The first-order valence-corrected chi connectivity index (χ1v) is 10.8. The lowest BCUT2D eigenvalue weighted by atomic mass is 10.1. The van der Waals surface area contributed by atoms with Gasteiger partial charge < -0.3 is 20.0 Å². The SMILES string of the molecule is CN=C(NCCCCCN1CCCCC1)N1CCN(c2ccccc2)CC1. The summed E-state index contributed by atoms with van der Waals surface area (Å²) in [5.41, 5.74) is 1.33. The van der Waals surface area contributed by atoms with Crippen LogP contribution in [0.4, 0.5) is 5.69 Å². The minimum absolute atomic E-state index is 1.03. The summed E-state index contributed by atoms with van der Waals surface area (Å²) in [6.07, 6.45) is 8.10. The molecule has 2 fully saturated rings. The highest BCUT2D eigenvalue weighted by molar-refractivity contribution is 5.80. The van der Waals surface area contributed by atoms with Gasteiger partial charge in [0.05, 0.1) is 0 Å². The summed E-state index contributed by atoms with van der Waals surface area (Å²) in [4.78, 5) is 12.0. The summed E-state index contributed by atoms with van der Waals surface area (Å²) in [5, 5.41) is 3.58. The molecular weight excluding hydrogens is 334 g/mol. The molecule has 2 aliphatic rings. The third-order valence-corrected chi connectivity index (χ3v) is 5.80. The number of piperazine rings is 1. The van der Waals surface area contributed by atoms with Crippen molar-refractivity contribution in [2.45, 2.75) is 38.5 Å². The molecule has 0 aromatic heterocycles. The number of hydrogen-bond acceptors (Lipinski definition) is 3. The standard InChI is InChI=1S/C22H37N5/c1-23-22(24-13-7-3-8-14-25-15-9-4-10-16-25)27-19-17-26(18-20-27)21-11-5-2-6-12-21/h2,5-6,11-12H,3-4,7-10,13-20H2,1H3,(H,23,24). The van der Waals surface area contributed by atoms with Gasteiger partial charge in [0.2, 0.25) is 0 Å². The van der Waals surface area contributed by atoms with Gasteiger partial charge in [0.25, 0.3) is 0 Å². The third-order valence-electron chi connectivity index (χ3n) is 5.80. The molecule has 3 rings (SSSR count). The Bertz CT molecular complexity index is 545. The van der Waals surface area contributed by atoms with E-state index in [0.29, 0.717) is 0 Å². The molecule has 0 unspecified atom stereocenters. The highest BCUT2D eigenvalue weighted by Crippen LogP contribution is 2.15. The van der Waals surface area contributed by atoms with Gasteiger partial charge in [-0.1, -0.05) is 31.0 Å². The molecule has 27 heavy (non-hydrogen) atoms. The van der Waals surface area contributed by atoms with Gasteiger partial charge in [0.15, 0.2) is 5.96 Å². The van der Waals surface area contributed by atoms with Crippen LogP contribution in [0.25, 0.3) is 0 Å². The van der Waals surface area contributed by atoms with Gasteiger partial charge >= 0.3 is 0 Å². The van der Waals surface area contributed by atoms with Crippen LogP contribution in [0.1, 0.15) is 38.5 Å². The summed E-state index contributed by atoms with van der Waals surface area (Å²) in [7, 11) is 1.91. The van der Waals surface area contributed by atoms with Crippen molar-refractivity contribution in [3.63, 3.8) is 0 Å². The highest BCUT2D eigenvalue weighted by atomic mass is 15.3. The van der Waals surface area contributed by atoms with Crippen molar-refractivity contribution in [2.24, 2.45) is 4.99 Å². The Labute approximate surface area is 165 Å². The van der Waals surface area contributed by atoms with Crippen LogP contribution in [0.3, 0.4) is 0 Å². The molecule has 0 radical (unpaired) electrons. The fourth-order valence-corrected chi connectivity index (χ4v) is 4.17. The zero-order chi connectivity index (χ0) is 18.7. The van der Waals surface area contributed by atoms with E-state index in [9.17, 15) is 0 Å². The minimum atomic E-state index is 1.03. The number of aliphatic imine (C=N–C) groups is 1. The van der Waals surface area contributed by atoms with Crippen LogP contribution < -0.4 is 10.2 Å². The Balaban J connectivity index is 1.29. The average molecular weight is 372 g/mol. The number of likely N-dealkylation sites (tertiary alicyclic amines) is 1. The molecule has 1 N–H and O–H groups in total. The quantitative estimate of drug-likeness (QED) is 0.454. The van der Waals surface area contributed by atoms with E-state index in [0.717, 1.165) is 38.7 Å². The second-order valence-corrected chi connectivity index (χ2v) is 7.75. The Morgan fingerprint density at radius 2 is 1.63 bits per heavy atom. The van der Waals surface area contributed by atoms with Gasteiger partial charge in [0.1, 0.15) is 0 Å². The van der Waals surface area contributed by atoms with E-state index in [4.69, 9.17) is 0 Å². The van der Waals surface area contributed by atoms with Crippen LogP contribution in [0.5, 0.6) is 0 Å². The first-order valence-electron chi connectivity index (χ1n) is 10.8. The van der Waals surface area contributed by atoms with E-state index < -0.39 is 0 Å². The Kier molecular flexibility index (Phi) is 8.28. The molecule has 1 aromatic rings. The lowest BCUT2D eigenvalue weighted by molar-refractivity contribution is 0.224. The number of hydrogen-bond donors (Lipinski definition) is 1. The van der Waals surface area contributed by atoms with Crippen molar-refractivity contribution in [3.05, 3.63) is 30.3 Å². The number of rotatable bonds is 7. The van der Waals surface area contributed by atoms with Crippen LogP contribution in [0.15, 0.2) is 35.3 Å². The van der Waals surface area contributed by atoms with E-state index in [2.05, 4.69) is 55.3 Å². The second kappa shape index (κ2) is 11.2. The zero-order valence-electron chi connectivity index (χ0n) is 17.1. The molecule has 0 amide bonds. The van der Waals surface area contributed by atoms with Gasteiger partial charge in [-0.15, -0.1) is 0 Å². The fraction of sp³-hybridized carbons (Fsp3) is 0.682. The van der Waals surface area contributed by atoms with E-state index in [1.807, 2.05) is 7.05 Å². The van der Waals surface area contributed by atoms with Crippen LogP contribution >= 0.6 is 0 Å². The van der Waals surface area contributed by atoms with Crippen molar-refractivity contribution in [1.82, 2.24) is 15.1 Å². The molecule has 0 bridgehead atoms. The molecule has 5 heteroatoms. The average Bonchev–Trinajstić information content (AvgIpc) is 2.75. The molecule has 2 saturated heterocycles. The topological polar surface area (TPSA) is 34.1 Å². The first-order chi connectivity index (χ1) is 13.4. The number of nitrogens with zero attached hydrogens (tertiary/aromatic N) is 4. The van der Waals surface area contributed by atoms with Crippen molar-refractivity contribution in [1.29, 1.82) is 0 Å². The molecule has 150 valence electrons. The van der Waals surface area contributed by atoms with E-state index in [1.165, 1.54) is 63.8 Å². The van der Waals surface area contributed by atoms with Crippen molar-refractivity contribution in [2.75, 3.05) is 64.3 Å².